The van der Waals surface area contributed by atoms with Crippen molar-refractivity contribution in [2.45, 2.75) is 59.9 Å². The van der Waals surface area contributed by atoms with Crippen LogP contribution in [0, 0.1) is 11.3 Å². The molecule has 1 saturated heterocycles. The first-order valence-electron chi connectivity index (χ1n) is 7.12. The van der Waals surface area contributed by atoms with Crippen molar-refractivity contribution in [3.8, 4) is 0 Å². The minimum Gasteiger partial charge on any atom is -0.379 e. The van der Waals surface area contributed by atoms with Crippen LogP contribution in [0.4, 0.5) is 0 Å². The summed E-state index contributed by atoms with van der Waals surface area (Å²) in [5.74, 6) is 0.780. The van der Waals surface area contributed by atoms with E-state index in [4.69, 9.17) is 4.74 Å². The van der Waals surface area contributed by atoms with Crippen molar-refractivity contribution in [2.75, 3.05) is 26.3 Å². The summed E-state index contributed by atoms with van der Waals surface area (Å²) in [6, 6.07) is 0. The Labute approximate surface area is 108 Å². The van der Waals surface area contributed by atoms with Crippen molar-refractivity contribution in [3.05, 3.63) is 0 Å². The smallest absolute Gasteiger partial charge is 0.0594 e. The fraction of sp³-hybridized carbons (Fsp3) is 1.00. The van der Waals surface area contributed by atoms with Gasteiger partial charge in [-0.3, -0.25) is 4.90 Å². The molecule has 1 heterocycles. The largest absolute Gasteiger partial charge is 0.379 e. The van der Waals surface area contributed by atoms with Crippen LogP contribution in [-0.4, -0.2) is 36.7 Å². The van der Waals surface area contributed by atoms with Crippen molar-refractivity contribution in [1.82, 2.24) is 4.90 Å². The number of morpholine rings is 1. The molecule has 1 unspecified atom stereocenters. The van der Waals surface area contributed by atoms with Gasteiger partial charge in [-0.15, -0.1) is 0 Å². The van der Waals surface area contributed by atoms with E-state index in [-0.39, 0.29) is 5.54 Å². The fourth-order valence-corrected chi connectivity index (χ4v) is 3.12. The zero-order valence-corrected chi connectivity index (χ0v) is 12.7. The highest BCUT2D eigenvalue weighted by atomic mass is 16.5. The third-order valence-electron chi connectivity index (χ3n) is 4.70. The van der Waals surface area contributed by atoms with Crippen LogP contribution >= 0.6 is 0 Å². The fourth-order valence-electron chi connectivity index (χ4n) is 3.12. The zero-order valence-electron chi connectivity index (χ0n) is 12.7. The number of ether oxygens (including phenoxy) is 1. The molecule has 102 valence electrons. The summed E-state index contributed by atoms with van der Waals surface area (Å²) in [7, 11) is 0. The van der Waals surface area contributed by atoms with Crippen molar-refractivity contribution >= 4 is 0 Å². The Morgan fingerprint density at radius 2 is 1.65 bits per heavy atom. The van der Waals surface area contributed by atoms with E-state index in [0.29, 0.717) is 5.41 Å². The van der Waals surface area contributed by atoms with E-state index in [0.717, 1.165) is 32.2 Å². The maximum Gasteiger partial charge on any atom is 0.0594 e. The van der Waals surface area contributed by atoms with Gasteiger partial charge >= 0.3 is 0 Å². The predicted octanol–water partition coefficient (Wildman–Crippen LogP) is 3.56. The molecule has 1 fully saturated rings. The average molecular weight is 241 g/mol. The Hall–Kier alpha value is -0.0800. The first kappa shape index (κ1) is 15.0. The summed E-state index contributed by atoms with van der Waals surface area (Å²) in [5, 5.41) is 0. The molecular weight excluding hydrogens is 210 g/mol. The number of nitrogens with zero attached hydrogens (tertiary/aromatic N) is 1. The summed E-state index contributed by atoms with van der Waals surface area (Å²) in [6.45, 7) is 18.3. The Morgan fingerprint density at radius 1 is 1.12 bits per heavy atom. The molecule has 1 aliphatic rings. The van der Waals surface area contributed by atoms with Gasteiger partial charge in [-0.25, -0.2) is 0 Å². The van der Waals surface area contributed by atoms with Crippen LogP contribution < -0.4 is 0 Å². The van der Waals surface area contributed by atoms with Gasteiger partial charge in [0.05, 0.1) is 13.2 Å². The molecule has 0 amide bonds. The molecule has 17 heavy (non-hydrogen) atoms. The molecule has 2 nitrogen and oxygen atoms in total. The first-order chi connectivity index (χ1) is 7.79. The average Bonchev–Trinajstić information content (AvgIpc) is 2.27. The molecule has 0 aromatic heterocycles. The third-order valence-corrected chi connectivity index (χ3v) is 4.70. The summed E-state index contributed by atoms with van der Waals surface area (Å²) >= 11 is 0. The van der Waals surface area contributed by atoms with Crippen molar-refractivity contribution in [1.29, 1.82) is 0 Å². The maximum absolute atomic E-state index is 5.45. The number of hydrogen-bond acceptors (Lipinski definition) is 2. The number of hydrogen-bond donors (Lipinski definition) is 0. The predicted molar refractivity (Wildman–Crippen MR) is 74.3 cm³/mol. The minimum absolute atomic E-state index is 0.288. The van der Waals surface area contributed by atoms with Gasteiger partial charge in [0.1, 0.15) is 0 Å². The van der Waals surface area contributed by atoms with Gasteiger partial charge in [0.2, 0.25) is 0 Å². The molecule has 0 radical (unpaired) electrons. The summed E-state index contributed by atoms with van der Waals surface area (Å²) < 4.78 is 5.45. The van der Waals surface area contributed by atoms with Crippen molar-refractivity contribution in [2.24, 2.45) is 11.3 Å². The van der Waals surface area contributed by atoms with Gasteiger partial charge in [0.25, 0.3) is 0 Å². The second-order valence-electron chi connectivity index (χ2n) is 6.89. The quantitative estimate of drug-likeness (QED) is 0.730. The topological polar surface area (TPSA) is 12.5 Å². The maximum atomic E-state index is 5.45. The van der Waals surface area contributed by atoms with Gasteiger partial charge in [0.15, 0.2) is 0 Å². The lowest BCUT2D eigenvalue weighted by Gasteiger charge is -2.46. The van der Waals surface area contributed by atoms with Gasteiger partial charge in [-0.1, -0.05) is 34.1 Å². The SMILES string of the molecule is CCC(C)C(C)(C)CC(C)(C)N1CCOCC1. The molecule has 0 N–H and O–H groups in total. The van der Waals surface area contributed by atoms with E-state index < -0.39 is 0 Å². The monoisotopic (exact) mass is 241 g/mol. The Morgan fingerprint density at radius 3 is 2.12 bits per heavy atom. The Balaban J connectivity index is 2.63. The normalized spacial score (nSPS) is 21.5. The van der Waals surface area contributed by atoms with Gasteiger partial charge in [0, 0.05) is 18.6 Å². The van der Waals surface area contributed by atoms with Crippen LogP contribution in [0.3, 0.4) is 0 Å². The lowest BCUT2D eigenvalue weighted by atomic mass is 9.70. The van der Waals surface area contributed by atoms with Crippen LogP contribution in [0.1, 0.15) is 54.4 Å². The molecule has 0 spiro atoms. The van der Waals surface area contributed by atoms with Crippen LogP contribution in [0.5, 0.6) is 0 Å². The molecule has 1 rings (SSSR count). The number of rotatable bonds is 5. The molecule has 0 saturated carbocycles. The lowest BCUT2D eigenvalue weighted by Crippen LogP contribution is -2.52. The van der Waals surface area contributed by atoms with E-state index >= 15 is 0 Å². The summed E-state index contributed by atoms with van der Waals surface area (Å²) in [6.07, 6.45) is 2.53. The molecule has 0 aromatic rings. The lowest BCUT2D eigenvalue weighted by molar-refractivity contribution is -0.0303. The van der Waals surface area contributed by atoms with Crippen LogP contribution in [-0.2, 0) is 4.74 Å². The highest BCUT2D eigenvalue weighted by Gasteiger charge is 2.36. The zero-order chi connectivity index (χ0) is 13.1. The van der Waals surface area contributed by atoms with E-state index in [1.54, 1.807) is 0 Å². The molecule has 1 atom stereocenters. The van der Waals surface area contributed by atoms with Crippen molar-refractivity contribution < 1.29 is 4.74 Å². The van der Waals surface area contributed by atoms with Crippen LogP contribution in [0.2, 0.25) is 0 Å². The second kappa shape index (κ2) is 5.71. The molecule has 0 aromatic carbocycles. The molecule has 0 aliphatic carbocycles. The molecular formula is C15H31NO. The Kier molecular flexibility index (Phi) is 5.03. The highest BCUT2D eigenvalue weighted by molar-refractivity contribution is 4.90. The van der Waals surface area contributed by atoms with E-state index in [1.807, 2.05) is 0 Å². The van der Waals surface area contributed by atoms with Crippen LogP contribution in [0.25, 0.3) is 0 Å². The first-order valence-corrected chi connectivity index (χ1v) is 7.12. The van der Waals surface area contributed by atoms with Gasteiger partial charge in [-0.2, -0.15) is 0 Å². The van der Waals surface area contributed by atoms with Gasteiger partial charge < -0.3 is 4.74 Å². The third kappa shape index (κ3) is 3.96. The minimum atomic E-state index is 0.288. The van der Waals surface area contributed by atoms with E-state index in [2.05, 4.69) is 46.4 Å². The molecule has 1 aliphatic heterocycles. The van der Waals surface area contributed by atoms with E-state index in [9.17, 15) is 0 Å². The van der Waals surface area contributed by atoms with Crippen molar-refractivity contribution in [3.63, 3.8) is 0 Å². The van der Waals surface area contributed by atoms with E-state index in [1.165, 1.54) is 12.8 Å². The second-order valence-corrected chi connectivity index (χ2v) is 6.89. The van der Waals surface area contributed by atoms with Crippen LogP contribution in [0.15, 0.2) is 0 Å². The summed E-state index contributed by atoms with van der Waals surface area (Å²) in [5.41, 5.74) is 0.702. The highest BCUT2D eigenvalue weighted by Crippen LogP contribution is 2.39. The molecule has 0 bridgehead atoms. The Bertz CT molecular complexity index is 229. The molecule has 2 heteroatoms. The standard InChI is InChI=1S/C15H31NO/c1-7-13(2)14(3,4)12-15(5,6)16-8-10-17-11-9-16/h13H,7-12H2,1-6H3. The van der Waals surface area contributed by atoms with Gasteiger partial charge in [-0.05, 0) is 31.6 Å². The summed E-state index contributed by atoms with van der Waals surface area (Å²) in [4.78, 5) is 2.60.